The Bertz CT molecular complexity index is 682. The molecule has 3 heterocycles. The summed E-state index contributed by atoms with van der Waals surface area (Å²) in [5.74, 6) is -0.723. The number of aliphatic carboxylic acids is 1. The van der Waals surface area contributed by atoms with Crippen LogP contribution in [-0.2, 0) is 11.2 Å². The monoisotopic (exact) mass is 358 g/mol. The normalized spacial score (nSPS) is 17.7. The number of aromatic nitrogens is 5. The van der Waals surface area contributed by atoms with Crippen molar-refractivity contribution >= 4 is 5.97 Å². The van der Waals surface area contributed by atoms with Crippen molar-refractivity contribution in [3.05, 3.63) is 35.4 Å². The van der Waals surface area contributed by atoms with Gasteiger partial charge in [0.25, 0.3) is 0 Å². The highest BCUT2D eigenvalue weighted by molar-refractivity contribution is 5.71. The number of H-pyrrole nitrogens is 1. The van der Waals surface area contributed by atoms with Crippen LogP contribution in [0.3, 0.4) is 0 Å². The maximum Gasteiger partial charge on any atom is 0.307 e. The van der Waals surface area contributed by atoms with E-state index in [1.54, 1.807) is 0 Å². The highest BCUT2D eigenvalue weighted by Gasteiger charge is 2.32. The zero-order valence-corrected chi connectivity index (χ0v) is 15.1. The Balaban J connectivity index is 1.77. The number of piperidine rings is 1. The summed E-state index contributed by atoms with van der Waals surface area (Å²) in [6, 6.07) is 4.14. The summed E-state index contributed by atoms with van der Waals surface area (Å²) in [6.07, 6.45) is 5.99. The zero-order valence-electron chi connectivity index (χ0n) is 15.1. The van der Waals surface area contributed by atoms with Gasteiger partial charge >= 0.3 is 5.97 Å². The third-order valence-electron chi connectivity index (χ3n) is 5.16. The SMILES string of the molecule is CCCC(C(=O)O)C(Cc1ccc(C2CCNCC2)nc1)c1nn[nH]n1. The van der Waals surface area contributed by atoms with Crippen LogP contribution in [0.5, 0.6) is 0 Å². The van der Waals surface area contributed by atoms with Crippen LogP contribution < -0.4 is 5.32 Å². The molecule has 0 aliphatic carbocycles. The summed E-state index contributed by atoms with van der Waals surface area (Å²) in [4.78, 5) is 16.4. The van der Waals surface area contributed by atoms with E-state index >= 15 is 0 Å². The van der Waals surface area contributed by atoms with E-state index in [9.17, 15) is 9.90 Å². The number of hydrogen-bond donors (Lipinski definition) is 3. The first-order chi connectivity index (χ1) is 12.7. The van der Waals surface area contributed by atoms with Crippen LogP contribution in [-0.4, -0.2) is 49.8 Å². The van der Waals surface area contributed by atoms with Crippen molar-refractivity contribution in [2.75, 3.05) is 13.1 Å². The van der Waals surface area contributed by atoms with E-state index in [4.69, 9.17) is 0 Å². The van der Waals surface area contributed by atoms with Crippen molar-refractivity contribution < 1.29 is 9.90 Å². The number of aromatic amines is 1. The summed E-state index contributed by atoms with van der Waals surface area (Å²) in [7, 11) is 0. The smallest absolute Gasteiger partial charge is 0.307 e. The number of hydrogen-bond acceptors (Lipinski definition) is 6. The van der Waals surface area contributed by atoms with Crippen LogP contribution in [0.1, 0.15) is 61.5 Å². The van der Waals surface area contributed by atoms with Crippen LogP contribution in [0.2, 0.25) is 0 Å². The first kappa shape index (κ1) is 18.4. The molecule has 0 bridgehead atoms. The number of rotatable bonds is 8. The fourth-order valence-corrected chi connectivity index (χ4v) is 3.72. The van der Waals surface area contributed by atoms with E-state index in [2.05, 4.69) is 43.1 Å². The molecule has 26 heavy (non-hydrogen) atoms. The molecule has 0 radical (unpaired) electrons. The maximum absolute atomic E-state index is 11.8. The minimum atomic E-state index is -0.819. The molecule has 2 unspecified atom stereocenters. The molecule has 2 atom stereocenters. The van der Waals surface area contributed by atoms with Gasteiger partial charge in [0.2, 0.25) is 0 Å². The topological polar surface area (TPSA) is 117 Å². The van der Waals surface area contributed by atoms with Crippen molar-refractivity contribution in [2.45, 2.75) is 50.9 Å². The molecule has 0 amide bonds. The van der Waals surface area contributed by atoms with Crippen molar-refractivity contribution in [3.63, 3.8) is 0 Å². The minimum absolute atomic E-state index is 0.322. The minimum Gasteiger partial charge on any atom is -0.481 e. The fourth-order valence-electron chi connectivity index (χ4n) is 3.72. The Morgan fingerprint density at radius 2 is 2.15 bits per heavy atom. The van der Waals surface area contributed by atoms with Crippen LogP contribution >= 0.6 is 0 Å². The number of carbonyl (C=O) groups is 1. The second kappa shape index (κ2) is 8.84. The van der Waals surface area contributed by atoms with Gasteiger partial charge in [0.15, 0.2) is 5.82 Å². The van der Waals surface area contributed by atoms with E-state index < -0.39 is 11.9 Å². The van der Waals surface area contributed by atoms with Crippen molar-refractivity contribution in [2.24, 2.45) is 5.92 Å². The molecule has 8 heteroatoms. The lowest BCUT2D eigenvalue weighted by molar-refractivity contribution is -0.142. The molecule has 1 fully saturated rings. The van der Waals surface area contributed by atoms with Crippen molar-refractivity contribution in [1.82, 2.24) is 30.9 Å². The van der Waals surface area contributed by atoms with Crippen LogP contribution in [0.25, 0.3) is 0 Å². The second-order valence-electron chi connectivity index (χ2n) is 6.93. The van der Waals surface area contributed by atoms with Gasteiger partial charge in [-0.25, -0.2) is 0 Å². The Morgan fingerprint density at radius 1 is 1.35 bits per heavy atom. The molecular formula is C18H26N6O2. The highest BCUT2D eigenvalue weighted by Crippen LogP contribution is 2.30. The molecule has 1 aliphatic rings. The third-order valence-corrected chi connectivity index (χ3v) is 5.16. The summed E-state index contributed by atoms with van der Waals surface area (Å²) in [6.45, 7) is 4.05. The number of tetrazole rings is 1. The molecule has 8 nitrogen and oxygen atoms in total. The summed E-state index contributed by atoms with van der Waals surface area (Å²) >= 11 is 0. The quantitative estimate of drug-likeness (QED) is 0.659. The fraction of sp³-hybridized carbons (Fsp3) is 0.611. The molecule has 0 spiro atoms. The van der Waals surface area contributed by atoms with E-state index in [1.165, 1.54) is 0 Å². The van der Waals surface area contributed by atoms with E-state index in [1.807, 2.05) is 13.1 Å². The Morgan fingerprint density at radius 3 is 2.73 bits per heavy atom. The Hall–Kier alpha value is -2.35. The van der Waals surface area contributed by atoms with Gasteiger partial charge in [0.05, 0.1) is 5.92 Å². The molecule has 0 aromatic carbocycles. The Kier molecular flexibility index (Phi) is 6.27. The molecule has 140 valence electrons. The predicted molar refractivity (Wildman–Crippen MR) is 95.7 cm³/mol. The standard InChI is InChI=1S/C18H26N6O2/c1-2-3-14(18(25)26)15(17-21-23-24-22-17)10-12-4-5-16(20-11-12)13-6-8-19-9-7-13/h4-5,11,13-15,19H,2-3,6-10H2,1H3,(H,25,26)(H,21,22,23,24). The van der Waals surface area contributed by atoms with Gasteiger partial charge in [-0.1, -0.05) is 24.6 Å². The second-order valence-corrected chi connectivity index (χ2v) is 6.93. The van der Waals surface area contributed by atoms with Crippen LogP contribution in [0.15, 0.2) is 18.3 Å². The predicted octanol–water partition coefficient (Wildman–Crippen LogP) is 1.89. The average Bonchev–Trinajstić information content (AvgIpc) is 3.20. The molecule has 1 aliphatic heterocycles. The van der Waals surface area contributed by atoms with Gasteiger partial charge in [-0.3, -0.25) is 9.78 Å². The van der Waals surface area contributed by atoms with Crippen LogP contribution in [0.4, 0.5) is 0 Å². The maximum atomic E-state index is 11.8. The largest absolute Gasteiger partial charge is 0.481 e. The van der Waals surface area contributed by atoms with Gasteiger partial charge < -0.3 is 10.4 Å². The number of carboxylic acid groups (broad SMARTS) is 1. The lowest BCUT2D eigenvalue weighted by Gasteiger charge is -2.23. The molecule has 3 rings (SSSR count). The number of nitrogens with one attached hydrogen (secondary N) is 2. The van der Waals surface area contributed by atoms with E-state index in [0.29, 0.717) is 24.6 Å². The molecule has 3 N–H and O–H groups in total. The molecule has 2 aromatic rings. The highest BCUT2D eigenvalue weighted by atomic mass is 16.4. The van der Waals surface area contributed by atoms with Crippen LogP contribution in [0, 0.1) is 5.92 Å². The van der Waals surface area contributed by atoms with Gasteiger partial charge in [-0.05, 0) is 50.4 Å². The molecule has 0 saturated carbocycles. The molecular weight excluding hydrogens is 332 g/mol. The van der Waals surface area contributed by atoms with E-state index in [0.717, 1.165) is 43.6 Å². The first-order valence-electron chi connectivity index (χ1n) is 9.30. The summed E-state index contributed by atoms with van der Waals surface area (Å²) in [5, 5.41) is 27.2. The number of pyridine rings is 1. The number of nitrogens with zero attached hydrogens (tertiary/aromatic N) is 4. The van der Waals surface area contributed by atoms with Crippen molar-refractivity contribution in [1.29, 1.82) is 0 Å². The lowest BCUT2D eigenvalue weighted by atomic mass is 9.83. The van der Waals surface area contributed by atoms with Gasteiger partial charge in [0.1, 0.15) is 0 Å². The Labute approximate surface area is 152 Å². The lowest BCUT2D eigenvalue weighted by Crippen LogP contribution is -2.27. The average molecular weight is 358 g/mol. The van der Waals surface area contributed by atoms with E-state index in [-0.39, 0.29) is 5.92 Å². The molecule has 2 aromatic heterocycles. The third kappa shape index (κ3) is 4.43. The first-order valence-corrected chi connectivity index (χ1v) is 9.30. The number of carboxylic acids is 1. The van der Waals surface area contributed by atoms with Crippen molar-refractivity contribution in [3.8, 4) is 0 Å². The summed E-state index contributed by atoms with van der Waals surface area (Å²) in [5.41, 5.74) is 2.12. The zero-order chi connectivity index (χ0) is 18.4. The van der Waals surface area contributed by atoms with Gasteiger partial charge in [-0.2, -0.15) is 5.21 Å². The molecule has 1 saturated heterocycles. The van der Waals surface area contributed by atoms with Gasteiger partial charge in [0, 0.05) is 23.7 Å². The summed E-state index contributed by atoms with van der Waals surface area (Å²) < 4.78 is 0. The van der Waals surface area contributed by atoms with Gasteiger partial charge in [-0.15, -0.1) is 10.2 Å².